The van der Waals surface area contributed by atoms with Crippen LogP contribution in [-0.2, 0) is 9.47 Å². The Labute approximate surface area is 194 Å². The Morgan fingerprint density at radius 3 is 1.44 bits per heavy atom. The highest BCUT2D eigenvalue weighted by molar-refractivity contribution is 7.95. The quantitative estimate of drug-likeness (QED) is 0.386. The third-order valence-electron chi connectivity index (χ3n) is 6.37. The Balaban J connectivity index is 1.77. The molecular formula is C29H36O2P+. The van der Waals surface area contributed by atoms with Crippen LogP contribution in [0.1, 0.15) is 33.6 Å². The molecule has 0 unspecified atom stereocenters. The molecule has 0 radical (unpaired) electrons. The van der Waals surface area contributed by atoms with E-state index in [0.29, 0.717) is 25.0 Å². The number of rotatable bonds is 9. The van der Waals surface area contributed by atoms with Crippen LogP contribution in [0.2, 0.25) is 0 Å². The lowest BCUT2D eigenvalue weighted by Gasteiger charge is -2.35. The topological polar surface area (TPSA) is 18.5 Å². The summed E-state index contributed by atoms with van der Waals surface area (Å²) in [4.78, 5) is 0. The lowest BCUT2D eigenvalue weighted by molar-refractivity contribution is -0.178. The highest BCUT2D eigenvalue weighted by atomic mass is 31.2. The molecule has 0 amide bonds. The number of benzene rings is 3. The minimum atomic E-state index is -1.84. The Bertz CT molecular complexity index is 854. The van der Waals surface area contributed by atoms with Gasteiger partial charge in [0.25, 0.3) is 0 Å². The first-order valence-corrected chi connectivity index (χ1v) is 13.8. The van der Waals surface area contributed by atoms with E-state index in [-0.39, 0.29) is 0 Å². The van der Waals surface area contributed by atoms with Gasteiger partial charge in [-0.1, -0.05) is 75.4 Å². The van der Waals surface area contributed by atoms with Crippen molar-refractivity contribution in [2.45, 2.75) is 39.4 Å². The molecule has 1 aliphatic heterocycles. The molecule has 0 aromatic heterocycles. The van der Waals surface area contributed by atoms with Crippen LogP contribution in [0.4, 0.5) is 0 Å². The molecule has 0 aliphatic carbocycles. The first-order valence-electron chi connectivity index (χ1n) is 11.9. The van der Waals surface area contributed by atoms with Gasteiger partial charge in [-0.2, -0.15) is 0 Å². The summed E-state index contributed by atoms with van der Waals surface area (Å²) in [6.45, 7) is 8.31. The van der Waals surface area contributed by atoms with Gasteiger partial charge in [-0.3, -0.25) is 0 Å². The maximum absolute atomic E-state index is 6.24. The summed E-state index contributed by atoms with van der Waals surface area (Å²) in [6.07, 6.45) is 2.97. The van der Waals surface area contributed by atoms with E-state index in [1.54, 1.807) is 0 Å². The molecular weight excluding hydrogens is 411 g/mol. The molecule has 168 valence electrons. The van der Waals surface area contributed by atoms with Crippen molar-refractivity contribution in [2.24, 2.45) is 11.8 Å². The monoisotopic (exact) mass is 447 g/mol. The lowest BCUT2D eigenvalue weighted by atomic mass is 9.94. The van der Waals surface area contributed by atoms with Gasteiger partial charge >= 0.3 is 0 Å². The first-order chi connectivity index (χ1) is 15.5. The molecule has 32 heavy (non-hydrogen) atoms. The predicted octanol–water partition coefficient (Wildman–Crippen LogP) is 5.80. The Morgan fingerprint density at radius 1 is 0.656 bits per heavy atom. The number of hydrogen-bond acceptors (Lipinski definition) is 2. The largest absolute Gasteiger partial charge is 0.348 e. The lowest BCUT2D eigenvalue weighted by Crippen LogP contribution is -2.39. The normalized spacial score (nSPS) is 16.9. The van der Waals surface area contributed by atoms with E-state index >= 15 is 0 Å². The molecule has 0 spiro atoms. The van der Waals surface area contributed by atoms with Crippen molar-refractivity contribution in [3.05, 3.63) is 91.0 Å². The van der Waals surface area contributed by atoms with Gasteiger partial charge in [-0.15, -0.1) is 0 Å². The third-order valence-corrected chi connectivity index (χ3v) is 11.1. The number of ether oxygens (including phenoxy) is 2. The summed E-state index contributed by atoms with van der Waals surface area (Å²) < 4.78 is 12.5. The van der Waals surface area contributed by atoms with Crippen molar-refractivity contribution in [2.75, 3.05) is 19.4 Å². The molecule has 1 saturated heterocycles. The van der Waals surface area contributed by atoms with Crippen molar-refractivity contribution in [1.82, 2.24) is 0 Å². The average molecular weight is 448 g/mol. The van der Waals surface area contributed by atoms with E-state index in [2.05, 4.69) is 112 Å². The summed E-state index contributed by atoms with van der Waals surface area (Å²) in [5, 5.41) is 4.32. The highest BCUT2D eigenvalue weighted by Gasteiger charge is 2.48. The molecule has 1 heterocycles. The molecule has 0 saturated carbocycles. The van der Waals surface area contributed by atoms with E-state index < -0.39 is 13.0 Å². The summed E-state index contributed by atoms with van der Waals surface area (Å²) >= 11 is 0. The first kappa shape index (κ1) is 23.2. The van der Waals surface area contributed by atoms with Crippen molar-refractivity contribution >= 4 is 23.2 Å². The van der Waals surface area contributed by atoms with E-state index in [0.717, 1.165) is 19.0 Å². The van der Waals surface area contributed by atoms with E-state index in [9.17, 15) is 0 Å². The minimum Gasteiger partial charge on any atom is -0.348 e. The van der Waals surface area contributed by atoms with Gasteiger partial charge in [0, 0.05) is 12.8 Å². The van der Waals surface area contributed by atoms with Crippen molar-refractivity contribution in [3.8, 4) is 0 Å². The van der Waals surface area contributed by atoms with Gasteiger partial charge in [0.05, 0.1) is 19.4 Å². The van der Waals surface area contributed by atoms with Crippen molar-refractivity contribution < 1.29 is 9.47 Å². The molecule has 3 heteroatoms. The number of hydrogen-bond donors (Lipinski definition) is 0. The second-order valence-electron chi connectivity index (χ2n) is 9.51. The van der Waals surface area contributed by atoms with Crippen LogP contribution < -0.4 is 15.9 Å². The molecule has 3 aromatic carbocycles. The molecule has 4 rings (SSSR count). The zero-order valence-electron chi connectivity index (χ0n) is 19.6. The second-order valence-corrected chi connectivity index (χ2v) is 13.0. The SMILES string of the molecule is CC(C)CC1(C[C@@H](C)C[P+](c2ccccc2)(c2ccccc2)c2ccccc2)OCCO1. The van der Waals surface area contributed by atoms with E-state index in [4.69, 9.17) is 9.47 Å². The Morgan fingerprint density at radius 2 is 1.06 bits per heavy atom. The maximum atomic E-state index is 6.24. The van der Waals surface area contributed by atoms with Gasteiger partial charge < -0.3 is 9.47 Å². The molecule has 1 aliphatic rings. The summed E-state index contributed by atoms with van der Waals surface area (Å²) in [7, 11) is -1.84. The fourth-order valence-electron chi connectivity index (χ4n) is 5.31. The van der Waals surface area contributed by atoms with Crippen molar-refractivity contribution in [3.63, 3.8) is 0 Å². The van der Waals surface area contributed by atoms with Crippen LogP contribution in [0.25, 0.3) is 0 Å². The van der Waals surface area contributed by atoms with Gasteiger partial charge in [0.1, 0.15) is 23.2 Å². The van der Waals surface area contributed by atoms with E-state index in [1.165, 1.54) is 15.9 Å². The molecule has 3 aromatic rings. The fraction of sp³-hybridized carbons (Fsp3) is 0.379. The Hall–Kier alpha value is -1.99. The molecule has 1 fully saturated rings. The van der Waals surface area contributed by atoms with Crippen LogP contribution in [0.5, 0.6) is 0 Å². The standard InChI is InChI=1S/C29H36O2P/c1-24(2)21-29(30-19-20-31-29)22-25(3)23-32(26-13-7-4-8-14-26,27-15-9-5-10-16-27)28-17-11-6-12-18-28/h4-18,24-25H,19-23H2,1-3H3/q+1/t25-/m1/s1. The maximum Gasteiger partial charge on any atom is 0.169 e. The second kappa shape index (κ2) is 10.3. The minimum absolute atomic E-state index is 0.437. The molecule has 2 nitrogen and oxygen atoms in total. The van der Waals surface area contributed by atoms with Gasteiger partial charge in [-0.05, 0) is 48.2 Å². The van der Waals surface area contributed by atoms with Crippen LogP contribution in [-0.4, -0.2) is 25.2 Å². The zero-order valence-corrected chi connectivity index (χ0v) is 20.5. The zero-order chi connectivity index (χ0) is 22.4. The van der Waals surface area contributed by atoms with Crippen molar-refractivity contribution in [1.29, 1.82) is 0 Å². The van der Waals surface area contributed by atoms with Crippen LogP contribution in [0.15, 0.2) is 91.0 Å². The Kier molecular flexibility index (Phi) is 7.46. The summed E-state index contributed by atoms with van der Waals surface area (Å²) in [5.74, 6) is 0.547. The fourth-order valence-corrected chi connectivity index (χ4v) is 9.95. The van der Waals surface area contributed by atoms with Crippen LogP contribution in [0.3, 0.4) is 0 Å². The summed E-state index contributed by atoms with van der Waals surface area (Å²) in [5.41, 5.74) is 0. The summed E-state index contributed by atoms with van der Waals surface area (Å²) in [6, 6.07) is 33.4. The predicted molar refractivity (Wildman–Crippen MR) is 138 cm³/mol. The molecule has 0 bridgehead atoms. The third kappa shape index (κ3) is 4.99. The van der Waals surface area contributed by atoms with Crippen LogP contribution >= 0.6 is 7.26 Å². The van der Waals surface area contributed by atoms with Gasteiger partial charge in [-0.25, -0.2) is 0 Å². The van der Waals surface area contributed by atoms with Gasteiger partial charge in [0.2, 0.25) is 0 Å². The highest BCUT2D eigenvalue weighted by Crippen LogP contribution is 2.57. The molecule has 0 N–H and O–H groups in total. The van der Waals surface area contributed by atoms with Crippen LogP contribution in [0, 0.1) is 11.8 Å². The van der Waals surface area contributed by atoms with Gasteiger partial charge in [0.15, 0.2) is 5.79 Å². The average Bonchev–Trinajstić information content (AvgIpc) is 3.26. The molecule has 1 atom stereocenters. The van der Waals surface area contributed by atoms with E-state index in [1.807, 2.05) is 0 Å². The smallest absolute Gasteiger partial charge is 0.169 e.